The maximum Gasteiger partial charge on any atom is 0.271 e. The second-order valence-corrected chi connectivity index (χ2v) is 7.84. The van der Waals surface area contributed by atoms with Gasteiger partial charge in [-0.15, -0.1) is 0 Å². The van der Waals surface area contributed by atoms with Crippen molar-refractivity contribution in [2.45, 2.75) is 19.3 Å². The van der Waals surface area contributed by atoms with Gasteiger partial charge < -0.3 is 10.0 Å². The fourth-order valence-corrected chi connectivity index (χ4v) is 4.04. The Bertz CT molecular complexity index is 793. The van der Waals surface area contributed by atoms with Crippen molar-refractivity contribution in [2.75, 3.05) is 18.0 Å². The van der Waals surface area contributed by atoms with E-state index in [-0.39, 0.29) is 11.7 Å². The topological polar surface area (TPSA) is 64.9 Å². The lowest BCUT2D eigenvalue weighted by Crippen LogP contribution is -2.29. The van der Waals surface area contributed by atoms with Gasteiger partial charge >= 0.3 is 0 Å². The first-order valence-electron chi connectivity index (χ1n) is 8.41. The molecule has 136 valence electrons. The van der Waals surface area contributed by atoms with Gasteiger partial charge in [-0.3, -0.25) is 4.79 Å². The number of carbonyl (C=O) groups is 1. The molecule has 1 amide bonds. The number of phenols is 1. The molecule has 5 nitrogen and oxygen atoms in total. The molecule has 2 N–H and O–H groups in total. The zero-order chi connectivity index (χ0) is 18.5. The van der Waals surface area contributed by atoms with E-state index in [2.05, 4.69) is 59.4 Å². The molecule has 0 radical (unpaired) electrons. The average molecular weight is 481 g/mol. The average Bonchev–Trinajstić information content (AvgIpc) is 2.67. The molecular weight excluding hydrogens is 462 g/mol. The van der Waals surface area contributed by atoms with Gasteiger partial charge in [-0.2, -0.15) is 5.10 Å². The van der Waals surface area contributed by atoms with Crippen LogP contribution >= 0.6 is 31.9 Å². The molecule has 1 aliphatic heterocycles. The number of amides is 1. The van der Waals surface area contributed by atoms with Crippen molar-refractivity contribution in [3.8, 4) is 5.75 Å². The van der Waals surface area contributed by atoms with Crippen molar-refractivity contribution in [1.29, 1.82) is 0 Å². The van der Waals surface area contributed by atoms with Crippen molar-refractivity contribution >= 4 is 49.7 Å². The Balaban J connectivity index is 1.60. The molecule has 2 aromatic rings. The fourth-order valence-electron chi connectivity index (χ4n) is 2.85. The zero-order valence-corrected chi connectivity index (χ0v) is 17.3. The molecule has 0 aromatic heterocycles. The summed E-state index contributed by atoms with van der Waals surface area (Å²) < 4.78 is 0.878. The van der Waals surface area contributed by atoms with Crippen LogP contribution in [0.3, 0.4) is 0 Å². The number of hydrogen-bond donors (Lipinski definition) is 2. The van der Waals surface area contributed by atoms with Crippen molar-refractivity contribution in [2.24, 2.45) is 5.10 Å². The predicted molar refractivity (Wildman–Crippen MR) is 111 cm³/mol. The SMILES string of the molecule is O=C(N/N=C\c1ccc(N2CCCCC2)cc1)c1cc(Br)c(O)c(Br)c1. The van der Waals surface area contributed by atoms with Crippen LogP contribution < -0.4 is 10.3 Å². The van der Waals surface area contributed by atoms with Gasteiger partial charge in [0.2, 0.25) is 0 Å². The van der Waals surface area contributed by atoms with Crippen LogP contribution in [0, 0.1) is 0 Å². The quantitative estimate of drug-likeness (QED) is 0.493. The number of piperidine rings is 1. The van der Waals surface area contributed by atoms with Gasteiger partial charge in [0.05, 0.1) is 15.2 Å². The highest BCUT2D eigenvalue weighted by Crippen LogP contribution is 2.33. The molecular formula is C19H19Br2N3O2. The number of benzene rings is 2. The number of carbonyl (C=O) groups excluding carboxylic acids is 1. The summed E-state index contributed by atoms with van der Waals surface area (Å²) in [6.45, 7) is 2.22. The number of nitrogens with one attached hydrogen (secondary N) is 1. The Morgan fingerprint density at radius 2 is 1.69 bits per heavy atom. The molecule has 1 fully saturated rings. The lowest BCUT2D eigenvalue weighted by Gasteiger charge is -2.28. The van der Waals surface area contributed by atoms with Crippen LogP contribution in [0.4, 0.5) is 5.69 Å². The number of rotatable bonds is 4. The van der Waals surface area contributed by atoms with E-state index in [0.29, 0.717) is 14.5 Å². The van der Waals surface area contributed by atoms with Crippen molar-refractivity contribution in [3.63, 3.8) is 0 Å². The summed E-state index contributed by atoms with van der Waals surface area (Å²) in [4.78, 5) is 14.6. The van der Waals surface area contributed by atoms with E-state index in [0.717, 1.165) is 18.7 Å². The lowest BCUT2D eigenvalue weighted by atomic mass is 10.1. The van der Waals surface area contributed by atoms with Gasteiger partial charge in [0.15, 0.2) is 0 Å². The second-order valence-electron chi connectivity index (χ2n) is 6.13. The van der Waals surface area contributed by atoms with Crippen LogP contribution in [0.1, 0.15) is 35.2 Å². The van der Waals surface area contributed by atoms with Gasteiger partial charge in [0.25, 0.3) is 5.91 Å². The van der Waals surface area contributed by atoms with Crippen molar-refractivity contribution in [1.82, 2.24) is 5.43 Å². The number of hydrogen-bond acceptors (Lipinski definition) is 4. The van der Waals surface area contributed by atoms with Crippen LogP contribution in [-0.2, 0) is 0 Å². The van der Waals surface area contributed by atoms with E-state index in [4.69, 9.17) is 0 Å². The van der Waals surface area contributed by atoms with Gasteiger partial charge in [-0.05, 0) is 81.0 Å². The Hall–Kier alpha value is -1.86. The molecule has 26 heavy (non-hydrogen) atoms. The molecule has 0 saturated carbocycles. The molecule has 2 aromatic carbocycles. The largest absolute Gasteiger partial charge is 0.506 e. The molecule has 0 aliphatic carbocycles. The van der Waals surface area contributed by atoms with E-state index in [1.54, 1.807) is 18.3 Å². The molecule has 1 saturated heterocycles. The summed E-state index contributed by atoms with van der Waals surface area (Å²) in [5, 5.41) is 13.7. The molecule has 0 atom stereocenters. The van der Waals surface area contributed by atoms with Gasteiger partial charge in [0.1, 0.15) is 5.75 Å². The molecule has 1 heterocycles. The van der Waals surface area contributed by atoms with Crippen molar-refractivity contribution < 1.29 is 9.90 Å². The fraction of sp³-hybridized carbons (Fsp3) is 0.263. The molecule has 0 bridgehead atoms. The number of phenolic OH excluding ortho intramolecular Hbond substituents is 1. The van der Waals surface area contributed by atoms with Crippen LogP contribution in [0.25, 0.3) is 0 Å². The van der Waals surface area contributed by atoms with Crippen LogP contribution in [0.2, 0.25) is 0 Å². The first-order chi connectivity index (χ1) is 12.5. The molecule has 3 rings (SSSR count). The summed E-state index contributed by atoms with van der Waals surface area (Å²) in [7, 11) is 0. The summed E-state index contributed by atoms with van der Waals surface area (Å²) in [5.41, 5.74) is 5.03. The van der Waals surface area contributed by atoms with Crippen LogP contribution in [0.5, 0.6) is 5.75 Å². The molecule has 0 spiro atoms. The number of anilines is 1. The molecule has 0 unspecified atom stereocenters. The van der Waals surface area contributed by atoms with Gasteiger partial charge in [-0.25, -0.2) is 5.43 Å². The highest BCUT2D eigenvalue weighted by Gasteiger charge is 2.12. The Morgan fingerprint density at radius 3 is 2.31 bits per heavy atom. The lowest BCUT2D eigenvalue weighted by molar-refractivity contribution is 0.0955. The summed E-state index contributed by atoms with van der Waals surface area (Å²) in [6.07, 6.45) is 5.43. The summed E-state index contributed by atoms with van der Waals surface area (Å²) >= 11 is 6.41. The number of halogens is 2. The minimum atomic E-state index is -0.354. The molecule has 7 heteroatoms. The monoisotopic (exact) mass is 479 g/mol. The Labute approximate surface area is 169 Å². The Morgan fingerprint density at radius 1 is 1.08 bits per heavy atom. The highest BCUT2D eigenvalue weighted by molar-refractivity contribution is 9.11. The number of nitrogens with zero attached hydrogens (tertiary/aromatic N) is 2. The van der Waals surface area contributed by atoms with Crippen molar-refractivity contribution in [3.05, 3.63) is 56.5 Å². The third-order valence-electron chi connectivity index (χ3n) is 4.27. The minimum Gasteiger partial charge on any atom is -0.506 e. The minimum absolute atomic E-state index is 0.0545. The standard InChI is InChI=1S/C19H19Br2N3O2/c20-16-10-14(11-17(21)18(16)25)19(26)23-22-12-13-4-6-15(7-5-13)24-8-2-1-3-9-24/h4-7,10-12,25H,1-3,8-9H2,(H,23,26)/b22-12-. The first-order valence-corrected chi connectivity index (χ1v) is 9.99. The maximum absolute atomic E-state index is 12.2. The molecule has 1 aliphatic rings. The Kier molecular flexibility index (Phi) is 6.32. The first kappa shape index (κ1) is 18.9. The number of hydrazone groups is 1. The van der Waals surface area contributed by atoms with E-state index < -0.39 is 0 Å². The van der Waals surface area contributed by atoms with Crippen LogP contribution in [0.15, 0.2) is 50.4 Å². The normalized spacial score (nSPS) is 14.6. The third-order valence-corrected chi connectivity index (χ3v) is 5.48. The van der Waals surface area contributed by atoms with Gasteiger partial charge in [-0.1, -0.05) is 12.1 Å². The van der Waals surface area contributed by atoms with Gasteiger partial charge in [0, 0.05) is 24.3 Å². The second kappa shape index (κ2) is 8.68. The third kappa shape index (κ3) is 4.65. The predicted octanol–water partition coefficient (Wildman–Crippen LogP) is 4.67. The number of aromatic hydroxyl groups is 1. The maximum atomic E-state index is 12.2. The summed E-state index contributed by atoms with van der Waals surface area (Å²) in [6, 6.07) is 11.2. The van der Waals surface area contributed by atoms with E-state index >= 15 is 0 Å². The summed E-state index contributed by atoms with van der Waals surface area (Å²) in [5.74, 6) is -0.300. The van der Waals surface area contributed by atoms with E-state index in [1.165, 1.54) is 24.9 Å². The highest BCUT2D eigenvalue weighted by atomic mass is 79.9. The van der Waals surface area contributed by atoms with E-state index in [9.17, 15) is 9.90 Å². The van der Waals surface area contributed by atoms with E-state index in [1.807, 2.05) is 12.1 Å². The smallest absolute Gasteiger partial charge is 0.271 e. The van der Waals surface area contributed by atoms with Crippen LogP contribution in [-0.4, -0.2) is 30.3 Å². The zero-order valence-electron chi connectivity index (χ0n) is 14.1.